The molecular weight excluding hydrogens is 318 g/mol. The zero-order chi connectivity index (χ0) is 17.4. The van der Waals surface area contributed by atoms with Crippen LogP contribution in [-0.2, 0) is 11.3 Å². The van der Waals surface area contributed by atoms with E-state index in [2.05, 4.69) is 35.5 Å². The van der Waals surface area contributed by atoms with Crippen molar-refractivity contribution in [2.24, 2.45) is 0 Å². The van der Waals surface area contributed by atoms with Crippen LogP contribution in [0.25, 0.3) is 11.3 Å². The number of amides is 1. The number of nitrogens with one attached hydrogen (secondary N) is 2. The lowest BCUT2D eigenvalue weighted by Crippen LogP contribution is -2.37. The molecule has 0 aliphatic rings. The van der Waals surface area contributed by atoms with Gasteiger partial charge in [0.1, 0.15) is 0 Å². The number of hydrazine groups is 1. The van der Waals surface area contributed by atoms with Crippen molar-refractivity contribution < 1.29 is 9.53 Å². The first-order valence-electron chi connectivity index (χ1n) is 8.10. The molecule has 0 spiro atoms. The Bertz CT molecular complexity index is 640. The molecule has 0 radical (unpaired) electrons. The second-order valence-electron chi connectivity index (χ2n) is 6.84. The summed E-state index contributed by atoms with van der Waals surface area (Å²) in [6.45, 7) is 7.76. The fourth-order valence-electron chi connectivity index (χ4n) is 2.03. The summed E-state index contributed by atoms with van der Waals surface area (Å²) < 4.78 is 5.15. The lowest BCUT2D eigenvalue weighted by molar-refractivity contribution is 0.146. The van der Waals surface area contributed by atoms with Gasteiger partial charge in [0.2, 0.25) is 0 Å². The molecule has 0 aliphatic heterocycles. The van der Waals surface area contributed by atoms with Gasteiger partial charge in [-0.2, -0.15) is 0 Å². The Morgan fingerprint density at radius 2 is 1.88 bits per heavy atom. The minimum absolute atomic E-state index is 0.432. The minimum Gasteiger partial charge on any atom is -0.449 e. The predicted molar refractivity (Wildman–Crippen MR) is 99.1 cm³/mol. The number of carbonyl (C=O) groups excluding carboxylic acids is 1. The average Bonchev–Trinajstić information content (AvgIpc) is 2.55. The van der Waals surface area contributed by atoms with Crippen LogP contribution in [0.2, 0.25) is 25.7 Å². The highest BCUT2D eigenvalue weighted by atomic mass is 28.3. The van der Waals surface area contributed by atoms with Crippen molar-refractivity contribution in [3.05, 3.63) is 54.2 Å². The van der Waals surface area contributed by atoms with Crippen molar-refractivity contribution in [2.45, 2.75) is 32.2 Å². The molecule has 24 heavy (non-hydrogen) atoms. The fraction of sp³-hybridized carbons (Fsp3) is 0.333. The summed E-state index contributed by atoms with van der Waals surface area (Å²) >= 11 is 0. The van der Waals surface area contributed by atoms with Gasteiger partial charge in [0, 0.05) is 26.4 Å². The number of rotatable bonds is 7. The Labute approximate surface area is 144 Å². The van der Waals surface area contributed by atoms with Crippen LogP contribution >= 0.6 is 0 Å². The van der Waals surface area contributed by atoms with E-state index < -0.39 is 14.2 Å². The first-order valence-corrected chi connectivity index (χ1v) is 11.8. The molecule has 0 unspecified atom stereocenters. The monoisotopic (exact) mass is 343 g/mol. The molecule has 0 saturated carbocycles. The summed E-state index contributed by atoms with van der Waals surface area (Å²) in [6, 6.07) is 14.9. The Morgan fingerprint density at radius 1 is 1.12 bits per heavy atom. The maximum Gasteiger partial charge on any atom is 0.421 e. The lowest BCUT2D eigenvalue weighted by atomic mass is 10.1. The molecule has 1 heterocycles. The van der Waals surface area contributed by atoms with Crippen LogP contribution in [0.15, 0.2) is 48.7 Å². The van der Waals surface area contributed by atoms with Gasteiger partial charge in [-0.25, -0.2) is 10.2 Å². The van der Waals surface area contributed by atoms with Gasteiger partial charge in [-0.15, -0.1) is 0 Å². The van der Waals surface area contributed by atoms with Crippen LogP contribution in [-0.4, -0.2) is 25.8 Å². The van der Waals surface area contributed by atoms with Crippen molar-refractivity contribution >= 4 is 14.2 Å². The van der Waals surface area contributed by atoms with Gasteiger partial charge in [-0.3, -0.25) is 10.4 Å². The van der Waals surface area contributed by atoms with E-state index in [1.807, 2.05) is 42.5 Å². The summed E-state index contributed by atoms with van der Waals surface area (Å²) in [5.41, 5.74) is 8.51. The topological polar surface area (TPSA) is 63.2 Å². The second kappa shape index (κ2) is 8.61. The molecule has 0 aliphatic carbocycles. The van der Waals surface area contributed by atoms with Gasteiger partial charge in [0.25, 0.3) is 0 Å². The predicted octanol–water partition coefficient (Wildman–Crippen LogP) is 3.82. The van der Waals surface area contributed by atoms with E-state index in [0.717, 1.165) is 22.9 Å². The molecule has 2 aromatic rings. The van der Waals surface area contributed by atoms with Crippen LogP contribution in [0.4, 0.5) is 4.79 Å². The fourth-order valence-corrected chi connectivity index (χ4v) is 2.75. The maximum atomic E-state index is 11.6. The van der Waals surface area contributed by atoms with E-state index in [0.29, 0.717) is 13.2 Å². The molecule has 0 atom stereocenters. The molecule has 0 bridgehead atoms. The van der Waals surface area contributed by atoms with Gasteiger partial charge < -0.3 is 4.74 Å². The Balaban J connectivity index is 1.72. The number of nitrogens with zero attached hydrogens (tertiary/aromatic N) is 1. The highest BCUT2D eigenvalue weighted by Crippen LogP contribution is 2.16. The van der Waals surface area contributed by atoms with Gasteiger partial charge in [0.05, 0.1) is 12.3 Å². The maximum absolute atomic E-state index is 11.6. The van der Waals surface area contributed by atoms with Gasteiger partial charge in [-0.1, -0.05) is 50.0 Å². The summed E-state index contributed by atoms with van der Waals surface area (Å²) in [4.78, 5) is 15.9. The van der Waals surface area contributed by atoms with Crippen molar-refractivity contribution in [2.75, 3.05) is 6.61 Å². The van der Waals surface area contributed by atoms with E-state index in [1.54, 1.807) is 6.20 Å². The SMILES string of the molecule is C[Si](C)(C)CCOC(=O)NNCc1ccc(-c2ccccn2)cc1. The number of benzene rings is 1. The quantitative estimate of drug-likeness (QED) is 0.592. The number of hydrogen-bond acceptors (Lipinski definition) is 4. The molecule has 0 fully saturated rings. The smallest absolute Gasteiger partial charge is 0.421 e. The number of pyridine rings is 1. The normalized spacial score (nSPS) is 11.1. The van der Waals surface area contributed by atoms with E-state index in [-0.39, 0.29) is 0 Å². The van der Waals surface area contributed by atoms with Crippen molar-refractivity contribution in [3.63, 3.8) is 0 Å². The Hall–Kier alpha value is -2.18. The molecule has 1 aromatic carbocycles. The van der Waals surface area contributed by atoms with Gasteiger partial charge in [0.15, 0.2) is 0 Å². The molecule has 128 valence electrons. The van der Waals surface area contributed by atoms with E-state index in [9.17, 15) is 4.79 Å². The Kier molecular flexibility index (Phi) is 6.51. The van der Waals surface area contributed by atoms with Crippen molar-refractivity contribution in [3.8, 4) is 11.3 Å². The van der Waals surface area contributed by atoms with Crippen LogP contribution in [0.3, 0.4) is 0 Å². The van der Waals surface area contributed by atoms with Crippen LogP contribution < -0.4 is 10.9 Å². The Morgan fingerprint density at radius 3 is 2.50 bits per heavy atom. The minimum atomic E-state index is -1.17. The standard InChI is InChI=1S/C18H25N3O2Si/c1-24(2,3)13-12-23-18(22)21-20-14-15-7-9-16(10-8-15)17-6-4-5-11-19-17/h4-11,20H,12-14H2,1-3H3,(H,21,22). The van der Waals surface area contributed by atoms with Crippen molar-refractivity contribution in [1.29, 1.82) is 0 Å². The van der Waals surface area contributed by atoms with Crippen LogP contribution in [0, 0.1) is 0 Å². The van der Waals surface area contributed by atoms with Gasteiger partial charge >= 0.3 is 6.09 Å². The van der Waals surface area contributed by atoms with Gasteiger partial charge in [-0.05, 0) is 23.7 Å². The lowest BCUT2D eigenvalue weighted by Gasteiger charge is -2.15. The van der Waals surface area contributed by atoms with Crippen LogP contribution in [0.1, 0.15) is 5.56 Å². The number of hydrogen-bond donors (Lipinski definition) is 2. The molecular formula is C18H25N3O2Si. The molecule has 6 heteroatoms. The summed E-state index contributed by atoms with van der Waals surface area (Å²) in [7, 11) is -1.17. The van der Waals surface area contributed by atoms with E-state index in [4.69, 9.17) is 4.74 Å². The second-order valence-corrected chi connectivity index (χ2v) is 12.5. The zero-order valence-electron chi connectivity index (χ0n) is 14.5. The van der Waals surface area contributed by atoms with Crippen molar-refractivity contribution in [1.82, 2.24) is 15.8 Å². The number of ether oxygens (including phenoxy) is 1. The molecule has 0 saturated heterocycles. The third-order valence-corrected chi connectivity index (χ3v) is 5.19. The molecule has 1 aromatic heterocycles. The molecule has 5 nitrogen and oxygen atoms in total. The third kappa shape index (κ3) is 6.52. The average molecular weight is 344 g/mol. The molecule has 2 N–H and O–H groups in total. The zero-order valence-corrected chi connectivity index (χ0v) is 15.5. The third-order valence-electron chi connectivity index (χ3n) is 3.48. The first-order chi connectivity index (χ1) is 11.4. The summed E-state index contributed by atoms with van der Waals surface area (Å²) in [6.07, 6.45) is 1.35. The number of aromatic nitrogens is 1. The first kappa shape index (κ1) is 18.2. The highest BCUT2D eigenvalue weighted by molar-refractivity contribution is 6.76. The van der Waals surface area contributed by atoms with E-state index >= 15 is 0 Å². The molecule has 2 rings (SSSR count). The van der Waals surface area contributed by atoms with E-state index in [1.165, 1.54) is 0 Å². The highest BCUT2D eigenvalue weighted by Gasteiger charge is 2.13. The molecule has 1 amide bonds. The summed E-state index contributed by atoms with van der Waals surface area (Å²) in [5.74, 6) is 0. The van der Waals surface area contributed by atoms with Crippen LogP contribution in [0.5, 0.6) is 0 Å². The summed E-state index contributed by atoms with van der Waals surface area (Å²) in [5, 5.41) is 0. The largest absolute Gasteiger partial charge is 0.449 e. The number of carbonyl (C=O) groups is 1.